The van der Waals surface area contributed by atoms with E-state index < -0.39 is 6.10 Å². The van der Waals surface area contributed by atoms with Crippen LogP contribution in [-0.2, 0) is 4.79 Å². The minimum absolute atomic E-state index is 0.0101. The van der Waals surface area contributed by atoms with Gasteiger partial charge in [0.1, 0.15) is 5.75 Å². The fourth-order valence-electron chi connectivity index (χ4n) is 3.15. The van der Waals surface area contributed by atoms with Crippen molar-refractivity contribution < 1.29 is 9.53 Å². The molecule has 1 atom stereocenters. The van der Waals surface area contributed by atoms with E-state index in [0.717, 1.165) is 23.4 Å². The van der Waals surface area contributed by atoms with Gasteiger partial charge in [0.05, 0.1) is 0 Å². The first-order valence-corrected chi connectivity index (χ1v) is 8.49. The standard InChI is InChI=1S/C19H29NO2/c1-13-10-14(2)15(3)18(11-13)22-16(4)19(21)20-12-17-8-6-5-7-9-17/h10-11,16-17H,5-9,12H2,1-4H3,(H,20,21)/t16-/m1/s1. The van der Waals surface area contributed by atoms with Crippen molar-refractivity contribution in [1.29, 1.82) is 0 Å². The van der Waals surface area contributed by atoms with Crippen LogP contribution in [0.3, 0.4) is 0 Å². The number of benzene rings is 1. The summed E-state index contributed by atoms with van der Waals surface area (Å²) in [5, 5.41) is 3.06. The molecule has 0 aromatic heterocycles. The molecule has 1 saturated carbocycles. The molecule has 0 spiro atoms. The van der Waals surface area contributed by atoms with Crippen LogP contribution >= 0.6 is 0 Å². The van der Waals surface area contributed by atoms with Crippen molar-refractivity contribution in [3.05, 3.63) is 28.8 Å². The minimum Gasteiger partial charge on any atom is -0.481 e. The summed E-state index contributed by atoms with van der Waals surface area (Å²) < 4.78 is 5.90. The Hall–Kier alpha value is -1.51. The van der Waals surface area contributed by atoms with Crippen molar-refractivity contribution in [1.82, 2.24) is 5.32 Å². The molecule has 1 aliphatic rings. The third-order valence-corrected chi connectivity index (χ3v) is 4.73. The van der Waals surface area contributed by atoms with Crippen molar-refractivity contribution in [3.8, 4) is 5.75 Å². The van der Waals surface area contributed by atoms with E-state index >= 15 is 0 Å². The summed E-state index contributed by atoms with van der Waals surface area (Å²) >= 11 is 0. The predicted octanol–water partition coefficient (Wildman–Crippen LogP) is 4.08. The number of hydrogen-bond donors (Lipinski definition) is 1. The topological polar surface area (TPSA) is 38.3 Å². The van der Waals surface area contributed by atoms with Crippen LogP contribution in [0.2, 0.25) is 0 Å². The van der Waals surface area contributed by atoms with Gasteiger partial charge < -0.3 is 10.1 Å². The molecule has 0 aliphatic heterocycles. The molecule has 0 radical (unpaired) electrons. The smallest absolute Gasteiger partial charge is 0.260 e. The van der Waals surface area contributed by atoms with Crippen LogP contribution in [0.15, 0.2) is 12.1 Å². The second kappa shape index (κ2) is 7.66. The van der Waals surface area contributed by atoms with Crippen LogP contribution in [0, 0.1) is 26.7 Å². The first-order chi connectivity index (χ1) is 10.5. The lowest BCUT2D eigenvalue weighted by molar-refractivity contribution is -0.127. The van der Waals surface area contributed by atoms with Crippen molar-refractivity contribution in [2.24, 2.45) is 5.92 Å². The number of hydrogen-bond acceptors (Lipinski definition) is 2. The summed E-state index contributed by atoms with van der Waals surface area (Å²) in [4.78, 5) is 12.2. The first-order valence-electron chi connectivity index (χ1n) is 8.49. The van der Waals surface area contributed by atoms with E-state index in [4.69, 9.17) is 4.74 Å². The second-order valence-corrected chi connectivity index (χ2v) is 6.71. The number of amides is 1. The number of nitrogens with one attached hydrogen (secondary N) is 1. The fourth-order valence-corrected chi connectivity index (χ4v) is 3.15. The van der Waals surface area contributed by atoms with E-state index in [9.17, 15) is 4.79 Å². The van der Waals surface area contributed by atoms with Crippen LogP contribution in [0.1, 0.15) is 55.7 Å². The highest BCUT2D eigenvalue weighted by molar-refractivity contribution is 5.80. The molecule has 0 bridgehead atoms. The summed E-state index contributed by atoms with van der Waals surface area (Å²) in [6.07, 6.45) is 5.97. The molecule has 0 unspecified atom stereocenters. The molecular formula is C19H29NO2. The van der Waals surface area contributed by atoms with Gasteiger partial charge in [-0.25, -0.2) is 0 Å². The van der Waals surface area contributed by atoms with Crippen LogP contribution < -0.4 is 10.1 Å². The van der Waals surface area contributed by atoms with E-state index in [1.54, 1.807) is 0 Å². The van der Waals surface area contributed by atoms with Gasteiger partial charge in [0.15, 0.2) is 6.10 Å². The average Bonchev–Trinajstić information content (AvgIpc) is 2.50. The van der Waals surface area contributed by atoms with E-state index in [1.807, 2.05) is 26.8 Å². The normalized spacial score (nSPS) is 17.1. The quantitative estimate of drug-likeness (QED) is 0.890. The number of carbonyl (C=O) groups is 1. The van der Waals surface area contributed by atoms with Gasteiger partial charge in [0.25, 0.3) is 5.91 Å². The molecule has 1 fully saturated rings. The molecule has 1 N–H and O–H groups in total. The van der Waals surface area contributed by atoms with Crippen molar-refractivity contribution in [2.45, 2.75) is 65.9 Å². The zero-order chi connectivity index (χ0) is 16.1. The third kappa shape index (κ3) is 4.49. The molecule has 1 aliphatic carbocycles. The van der Waals surface area contributed by atoms with E-state index in [0.29, 0.717) is 5.92 Å². The van der Waals surface area contributed by atoms with Gasteiger partial charge in [-0.2, -0.15) is 0 Å². The minimum atomic E-state index is -0.455. The summed E-state index contributed by atoms with van der Waals surface area (Å²) in [5.41, 5.74) is 3.47. The van der Waals surface area contributed by atoms with Crippen LogP contribution in [0.4, 0.5) is 0 Å². The summed E-state index contributed by atoms with van der Waals surface area (Å²) in [6.45, 7) is 8.78. The molecular weight excluding hydrogens is 274 g/mol. The van der Waals surface area contributed by atoms with Gasteiger partial charge in [0.2, 0.25) is 0 Å². The molecule has 3 heteroatoms. The number of aryl methyl sites for hydroxylation is 2. The van der Waals surface area contributed by atoms with Gasteiger partial charge in [0, 0.05) is 6.54 Å². The monoisotopic (exact) mass is 303 g/mol. The summed E-state index contributed by atoms with van der Waals surface area (Å²) in [6, 6.07) is 4.14. The summed E-state index contributed by atoms with van der Waals surface area (Å²) in [5.74, 6) is 1.45. The predicted molar refractivity (Wildman–Crippen MR) is 90.3 cm³/mol. The Morgan fingerprint density at radius 3 is 2.59 bits per heavy atom. The molecule has 122 valence electrons. The van der Waals surface area contributed by atoms with Crippen molar-refractivity contribution in [3.63, 3.8) is 0 Å². The highest BCUT2D eigenvalue weighted by Crippen LogP contribution is 2.25. The Morgan fingerprint density at radius 2 is 1.91 bits per heavy atom. The van der Waals surface area contributed by atoms with E-state index in [-0.39, 0.29) is 5.91 Å². The first kappa shape index (κ1) is 16.9. The van der Waals surface area contributed by atoms with Gasteiger partial charge in [-0.15, -0.1) is 0 Å². The van der Waals surface area contributed by atoms with E-state index in [1.165, 1.54) is 37.7 Å². The van der Waals surface area contributed by atoms with Crippen LogP contribution in [-0.4, -0.2) is 18.6 Å². The van der Waals surface area contributed by atoms with Crippen LogP contribution in [0.25, 0.3) is 0 Å². The largest absolute Gasteiger partial charge is 0.481 e. The summed E-state index contributed by atoms with van der Waals surface area (Å²) in [7, 11) is 0. The Balaban J connectivity index is 1.88. The van der Waals surface area contributed by atoms with Crippen molar-refractivity contribution in [2.75, 3.05) is 6.54 Å². The van der Waals surface area contributed by atoms with E-state index in [2.05, 4.69) is 18.3 Å². The highest BCUT2D eigenvalue weighted by Gasteiger charge is 2.19. The van der Waals surface area contributed by atoms with Gasteiger partial charge >= 0.3 is 0 Å². The molecule has 0 heterocycles. The maximum Gasteiger partial charge on any atom is 0.260 e. The average molecular weight is 303 g/mol. The molecule has 1 aromatic rings. The second-order valence-electron chi connectivity index (χ2n) is 6.71. The zero-order valence-electron chi connectivity index (χ0n) is 14.4. The van der Waals surface area contributed by atoms with Gasteiger partial charge in [-0.05, 0) is 69.2 Å². The third-order valence-electron chi connectivity index (χ3n) is 4.73. The number of ether oxygens (including phenoxy) is 1. The lowest BCUT2D eigenvalue weighted by atomic mass is 9.89. The Labute approximate surface area is 134 Å². The lowest BCUT2D eigenvalue weighted by Crippen LogP contribution is -2.39. The van der Waals surface area contributed by atoms with Gasteiger partial charge in [-0.3, -0.25) is 4.79 Å². The molecule has 22 heavy (non-hydrogen) atoms. The molecule has 2 rings (SSSR count). The van der Waals surface area contributed by atoms with Crippen molar-refractivity contribution >= 4 is 5.91 Å². The SMILES string of the molecule is Cc1cc(C)c(C)c(O[C@H](C)C(=O)NCC2CCCCC2)c1. The molecule has 3 nitrogen and oxygen atoms in total. The molecule has 1 aromatic carbocycles. The maximum atomic E-state index is 12.2. The lowest BCUT2D eigenvalue weighted by Gasteiger charge is -2.23. The molecule has 0 saturated heterocycles. The van der Waals surface area contributed by atoms with Crippen LogP contribution in [0.5, 0.6) is 5.75 Å². The maximum absolute atomic E-state index is 12.2. The Morgan fingerprint density at radius 1 is 1.23 bits per heavy atom. The number of rotatable bonds is 5. The Bertz CT molecular complexity index is 518. The molecule has 1 amide bonds. The highest BCUT2D eigenvalue weighted by atomic mass is 16.5. The Kier molecular flexibility index (Phi) is 5.87. The fraction of sp³-hybridized carbons (Fsp3) is 0.632. The number of carbonyl (C=O) groups excluding carboxylic acids is 1. The van der Waals surface area contributed by atoms with Gasteiger partial charge in [-0.1, -0.05) is 25.3 Å². The zero-order valence-corrected chi connectivity index (χ0v) is 14.4.